The van der Waals surface area contributed by atoms with E-state index in [1.54, 1.807) is 0 Å². The number of nitrogens with zero attached hydrogens (tertiary/aromatic N) is 1. The summed E-state index contributed by atoms with van der Waals surface area (Å²) in [6.45, 7) is 1.43. The van der Waals surface area contributed by atoms with Gasteiger partial charge in [0.1, 0.15) is 5.75 Å². The Labute approximate surface area is 190 Å². The monoisotopic (exact) mass is 498 g/mol. The minimum atomic E-state index is -4.67. The van der Waals surface area contributed by atoms with Crippen LogP contribution in [-0.4, -0.2) is 29.5 Å². The molecule has 0 bridgehead atoms. The lowest BCUT2D eigenvalue weighted by Gasteiger charge is -2.18. The van der Waals surface area contributed by atoms with Gasteiger partial charge < -0.3 is 14.8 Å². The van der Waals surface area contributed by atoms with Gasteiger partial charge in [-0.15, -0.1) is 0 Å². The highest BCUT2D eigenvalue weighted by atomic mass is 35.5. The SMILES string of the molecule is CCOC(=NC(=O)NCc1ccc(OC(F)(F)C(Cl)Cl)cc1)c1ccccc1C(F)(F)F. The first-order valence-corrected chi connectivity index (χ1v) is 9.91. The molecule has 0 aliphatic heterocycles. The molecular formula is C20H17Cl2F5N2O3. The number of halogens is 7. The number of nitrogens with one attached hydrogen (secondary N) is 1. The Balaban J connectivity index is 2.10. The standard InChI is InChI=1S/C20H17Cl2F5N2O3/c1-2-31-16(14-5-3-4-6-15(14)19(23,24)25)29-18(30)28-11-12-7-9-13(10-8-12)32-20(26,27)17(21)22/h3-10,17H,2,11H2,1H3,(H,28,30). The zero-order chi connectivity index (χ0) is 23.9. The predicted molar refractivity (Wildman–Crippen MR) is 109 cm³/mol. The van der Waals surface area contributed by atoms with Crippen molar-refractivity contribution in [2.45, 2.75) is 30.6 Å². The van der Waals surface area contributed by atoms with Crippen LogP contribution in [-0.2, 0) is 17.5 Å². The van der Waals surface area contributed by atoms with Crippen molar-refractivity contribution in [3.8, 4) is 5.75 Å². The maximum Gasteiger partial charge on any atom is 0.428 e. The van der Waals surface area contributed by atoms with Gasteiger partial charge in [-0.1, -0.05) is 47.5 Å². The molecule has 32 heavy (non-hydrogen) atoms. The predicted octanol–water partition coefficient (Wildman–Crippen LogP) is 6.17. The molecule has 0 saturated heterocycles. The van der Waals surface area contributed by atoms with E-state index in [0.29, 0.717) is 5.56 Å². The molecule has 0 atom stereocenters. The zero-order valence-electron chi connectivity index (χ0n) is 16.4. The molecule has 0 spiro atoms. The van der Waals surface area contributed by atoms with Crippen molar-refractivity contribution in [2.24, 2.45) is 4.99 Å². The number of aliphatic imine (C=N–C) groups is 1. The Morgan fingerprint density at radius 1 is 1.06 bits per heavy atom. The summed E-state index contributed by atoms with van der Waals surface area (Å²) >= 11 is 10.3. The molecular weight excluding hydrogens is 482 g/mol. The van der Waals surface area contributed by atoms with Gasteiger partial charge in [0.15, 0.2) is 0 Å². The number of rotatable bonds is 7. The average Bonchev–Trinajstić information content (AvgIpc) is 2.72. The quantitative estimate of drug-likeness (QED) is 0.215. The molecule has 2 amide bonds. The third kappa shape index (κ3) is 7.23. The molecule has 2 aromatic carbocycles. The van der Waals surface area contributed by atoms with E-state index in [1.807, 2.05) is 0 Å². The first kappa shape index (κ1) is 25.7. The van der Waals surface area contributed by atoms with Crippen molar-refractivity contribution in [3.05, 3.63) is 65.2 Å². The number of urea groups is 1. The molecule has 174 valence electrons. The highest BCUT2D eigenvalue weighted by Gasteiger charge is 2.40. The molecule has 0 saturated carbocycles. The summed E-state index contributed by atoms with van der Waals surface area (Å²) in [6, 6.07) is 8.80. The lowest BCUT2D eigenvalue weighted by atomic mass is 10.1. The van der Waals surface area contributed by atoms with E-state index in [2.05, 4.69) is 15.0 Å². The highest BCUT2D eigenvalue weighted by Crippen LogP contribution is 2.32. The van der Waals surface area contributed by atoms with Crippen LogP contribution in [0.15, 0.2) is 53.5 Å². The van der Waals surface area contributed by atoms with Crippen LogP contribution in [0.4, 0.5) is 26.7 Å². The summed E-state index contributed by atoms with van der Waals surface area (Å²) in [5, 5.41) is 2.38. The second kappa shape index (κ2) is 10.8. The van der Waals surface area contributed by atoms with E-state index in [0.717, 1.165) is 12.1 Å². The lowest BCUT2D eigenvalue weighted by Crippen LogP contribution is -2.32. The molecule has 0 fully saturated rings. The number of hydrogen-bond acceptors (Lipinski definition) is 3. The van der Waals surface area contributed by atoms with Gasteiger partial charge in [0, 0.05) is 12.1 Å². The van der Waals surface area contributed by atoms with Crippen molar-refractivity contribution >= 4 is 35.1 Å². The van der Waals surface area contributed by atoms with Crippen LogP contribution in [0.25, 0.3) is 0 Å². The van der Waals surface area contributed by atoms with Crippen LogP contribution in [0.1, 0.15) is 23.6 Å². The molecule has 0 radical (unpaired) electrons. The second-order valence-corrected chi connectivity index (χ2v) is 7.26. The molecule has 0 aromatic heterocycles. The van der Waals surface area contributed by atoms with E-state index >= 15 is 0 Å². The largest absolute Gasteiger partial charge is 0.477 e. The Hall–Kier alpha value is -2.59. The Bertz CT molecular complexity index is 951. The third-order valence-electron chi connectivity index (χ3n) is 3.82. The number of carbonyl (C=O) groups excluding carboxylic acids is 1. The fourth-order valence-electron chi connectivity index (χ4n) is 2.41. The molecule has 2 aromatic rings. The maximum absolute atomic E-state index is 13.4. The topological polar surface area (TPSA) is 59.9 Å². The van der Waals surface area contributed by atoms with Crippen molar-refractivity contribution < 1.29 is 36.2 Å². The van der Waals surface area contributed by atoms with Crippen molar-refractivity contribution in [1.82, 2.24) is 5.32 Å². The summed E-state index contributed by atoms with van der Waals surface area (Å²) in [4.78, 5) is 13.7. The third-order valence-corrected chi connectivity index (χ3v) is 4.33. The molecule has 2 rings (SSSR count). The van der Waals surface area contributed by atoms with Gasteiger partial charge in [0.05, 0.1) is 12.2 Å². The van der Waals surface area contributed by atoms with Gasteiger partial charge in [-0.25, -0.2) is 4.79 Å². The van der Waals surface area contributed by atoms with Crippen LogP contribution in [0, 0.1) is 0 Å². The summed E-state index contributed by atoms with van der Waals surface area (Å²) in [7, 11) is 0. The van der Waals surface area contributed by atoms with Crippen LogP contribution >= 0.6 is 23.2 Å². The van der Waals surface area contributed by atoms with Crippen molar-refractivity contribution in [2.75, 3.05) is 6.61 Å². The number of carbonyl (C=O) groups is 1. The van der Waals surface area contributed by atoms with E-state index in [-0.39, 0.29) is 24.5 Å². The lowest BCUT2D eigenvalue weighted by molar-refractivity contribution is -0.163. The van der Waals surface area contributed by atoms with E-state index in [4.69, 9.17) is 27.9 Å². The summed E-state index contributed by atoms with van der Waals surface area (Å²) in [5.74, 6) is -0.697. The first-order valence-electron chi connectivity index (χ1n) is 9.04. The normalized spacial score (nSPS) is 12.6. The van der Waals surface area contributed by atoms with Crippen LogP contribution < -0.4 is 10.1 Å². The summed E-state index contributed by atoms with van der Waals surface area (Å²) in [6.07, 6.45) is -8.46. The maximum atomic E-state index is 13.4. The number of alkyl halides is 7. The summed E-state index contributed by atoms with van der Waals surface area (Å²) in [5.41, 5.74) is -0.897. The molecule has 1 N–H and O–H groups in total. The fourth-order valence-corrected chi connectivity index (χ4v) is 2.50. The fraction of sp³-hybridized carbons (Fsp3) is 0.300. The van der Waals surface area contributed by atoms with E-state index < -0.39 is 34.6 Å². The molecule has 0 aliphatic rings. The summed E-state index contributed by atoms with van der Waals surface area (Å²) < 4.78 is 76.0. The van der Waals surface area contributed by atoms with Crippen molar-refractivity contribution in [1.29, 1.82) is 0 Å². The van der Waals surface area contributed by atoms with Crippen molar-refractivity contribution in [3.63, 3.8) is 0 Å². The molecule has 0 heterocycles. The zero-order valence-corrected chi connectivity index (χ0v) is 17.9. The number of amides is 2. The highest BCUT2D eigenvalue weighted by molar-refractivity contribution is 6.44. The Morgan fingerprint density at radius 3 is 2.25 bits per heavy atom. The molecule has 12 heteroatoms. The van der Waals surface area contributed by atoms with E-state index in [9.17, 15) is 26.7 Å². The number of ether oxygens (including phenoxy) is 2. The van der Waals surface area contributed by atoms with Gasteiger partial charge in [-0.05, 0) is 36.8 Å². The van der Waals surface area contributed by atoms with Crippen LogP contribution in [0.3, 0.4) is 0 Å². The van der Waals surface area contributed by atoms with Gasteiger partial charge in [0.25, 0.3) is 0 Å². The minimum Gasteiger partial charge on any atom is -0.477 e. The molecule has 0 unspecified atom stereocenters. The van der Waals surface area contributed by atoms with Gasteiger partial charge >= 0.3 is 18.3 Å². The minimum absolute atomic E-state index is 0.0180. The number of benzene rings is 2. The smallest absolute Gasteiger partial charge is 0.428 e. The Kier molecular flexibility index (Phi) is 8.68. The van der Waals surface area contributed by atoms with Gasteiger partial charge in [0.2, 0.25) is 10.7 Å². The second-order valence-electron chi connectivity index (χ2n) is 6.16. The van der Waals surface area contributed by atoms with Crippen LogP contribution in [0.2, 0.25) is 0 Å². The van der Waals surface area contributed by atoms with Gasteiger partial charge in [-0.2, -0.15) is 26.9 Å². The van der Waals surface area contributed by atoms with Gasteiger partial charge in [-0.3, -0.25) is 0 Å². The first-order chi connectivity index (χ1) is 14.9. The Morgan fingerprint density at radius 2 is 1.69 bits per heavy atom. The van der Waals surface area contributed by atoms with Crippen LogP contribution in [0.5, 0.6) is 5.75 Å². The number of hydrogen-bond donors (Lipinski definition) is 1. The van der Waals surface area contributed by atoms with E-state index in [1.165, 1.54) is 43.3 Å². The molecule has 0 aliphatic carbocycles. The molecule has 5 nitrogen and oxygen atoms in total. The average molecular weight is 499 g/mol.